The molecule has 0 atom stereocenters. The van der Waals surface area contributed by atoms with Crippen LogP contribution in [0.25, 0.3) is 5.69 Å². The Hall–Kier alpha value is -2.73. The lowest BCUT2D eigenvalue weighted by Crippen LogP contribution is -2.05. The minimum Gasteiger partial charge on any atom is -0.392 e. The molecule has 0 fully saturated rings. The molecule has 0 bridgehead atoms. The van der Waals surface area contributed by atoms with Crippen LogP contribution in [0.1, 0.15) is 11.3 Å². The highest BCUT2D eigenvalue weighted by Gasteiger charge is 2.11. The maximum atomic E-state index is 13.7. The number of benzene rings is 2. The van der Waals surface area contributed by atoms with Gasteiger partial charge in [-0.15, -0.1) is 0 Å². The summed E-state index contributed by atoms with van der Waals surface area (Å²) >= 11 is 0. The third kappa shape index (κ3) is 3.37. The van der Waals surface area contributed by atoms with Crippen LogP contribution in [0.3, 0.4) is 0 Å². The number of nitrogens with zero attached hydrogens (tertiary/aromatic N) is 2. The van der Waals surface area contributed by atoms with Gasteiger partial charge in [-0.05, 0) is 35.9 Å². The molecule has 0 aliphatic heterocycles. The molecule has 0 saturated heterocycles. The molecule has 2 aromatic carbocycles. The van der Waals surface area contributed by atoms with Crippen molar-refractivity contribution in [2.45, 2.75) is 13.2 Å². The number of rotatable bonds is 5. The fraction of sp³-hybridized carbons (Fsp3) is 0.118. The van der Waals surface area contributed by atoms with Crippen molar-refractivity contribution in [3.05, 3.63) is 77.6 Å². The maximum Gasteiger partial charge on any atom is 0.151 e. The number of aliphatic hydroxyl groups excluding tert-OH is 1. The van der Waals surface area contributed by atoms with Crippen LogP contribution in [0.15, 0.2) is 54.7 Å². The van der Waals surface area contributed by atoms with E-state index in [0.717, 1.165) is 11.3 Å². The lowest BCUT2D eigenvalue weighted by molar-refractivity contribution is 0.282. The number of anilines is 1. The topological polar surface area (TPSA) is 50.1 Å². The van der Waals surface area contributed by atoms with Gasteiger partial charge in [0.2, 0.25) is 0 Å². The third-order valence-electron chi connectivity index (χ3n) is 3.39. The van der Waals surface area contributed by atoms with Gasteiger partial charge in [-0.3, -0.25) is 0 Å². The van der Waals surface area contributed by atoms with Gasteiger partial charge >= 0.3 is 0 Å². The summed E-state index contributed by atoms with van der Waals surface area (Å²) in [6.45, 7) is 0.370. The molecular weight excluding hydrogens is 300 g/mol. The zero-order valence-electron chi connectivity index (χ0n) is 12.2. The molecule has 0 aliphatic carbocycles. The molecule has 0 aliphatic rings. The zero-order valence-corrected chi connectivity index (χ0v) is 12.2. The number of aromatic nitrogens is 2. The number of halogens is 2. The second-order valence-corrected chi connectivity index (χ2v) is 5.03. The first-order valence-corrected chi connectivity index (χ1v) is 7.10. The van der Waals surface area contributed by atoms with Gasteiger partial charge < -0.3 is 10.4 Å². The van der Waals surface area contributed by atoms with Gasteiger partial charge in [0.15, 0.2) is 11.6 Å². The van der Waals surface area contributed by atoms with E-state index in [9.17, 15) is 8.78 Å². The molecule has 0 amide bonds. The van der Waals surface area contributed by atoms with Crippen molar-refractivity contribution in [3.63, 3.8) is 0 Å². The molecule has 3 rings (SSSR count). The predicted octanol–water partition coefficient (Wildman–Crippen LogP) is 3.25. The van der Waals surface area contributed by atoms with Crippen molar-refractivity contribution in [3.8, 4) is 5.69 Å². The van der Waals surface area contributed by atoms with Crippen molar-refractivity contribution >= 4 is 5.69 Å². The second kappa shape index (κ2) is 6.58. The summed E-state index contributed by atoms with van der Waals surface area (Å²) in [5.41, 5.74) is 2.08. The van der Waals surface area contributed by atoms with Gasteiger partial charge in [-0.2, -0.15) is 5.10 Å². The number of nitrogens with one attached hydrogen (secondary N) is 1. The fourth-order valence-corrected chi connectivity index (χ4v) is 2.26. The van der Waals surface area contributed by atoms with E-state index >= 15 is 0 Å². The lowest BCUT2D eigenvalue weighted by Gasteiger charge is -2.06. The minimum atomic E-state index is -0.664. The zero-order chi connectivity index (χ0) is 16.2. The summed E-state index contributed by atoms with van der Waals surface area (Å²) in [4.78, 5) is 0. The van der Waals surface area contributed by atoms with E-state index in [1.54, 1.807) is 6.07 Å². The Kier molecular flexibility index (Phi) is 4.34. The fourth-order valence-electron chi connectivity index (χ4n) is 2.26. The van der Waals surface area contributed by atoms with Crippen molar-refractivity contribution in [2.75, 3.05) is 5.32 Å². The molecule has 0 saturated carbocycles. The van der Waals surface area contributed by atoms with E-state index in [1.807, 2.05) is 24.3 Å². The average molecular weight is 315 g/mol. The Morgan fingerprint density at radius 1 is 1.04 bits per heavy atom. The molecule has 118 valence electrons. The first-order chi connectivity index (χ1) is 11.2. The highest BCUT2D eigenvalue weighted by atomic mass is 19.1. The summed E-state index contributed by atoms with van der Waals surface area (Å²) in [5.74, 6) is -1.33. The minimum absolute atomic E-state index is 0.0310. The first kappa shape index (κ1) is 15.2. The monoisotopic (exact) mass is 315 g/mol. The van der Waals surface area contributed by atoms with Crippen LogP contribution in [0.4, 0.5) is 14.5 Å². The van der Waals surface area contributed by atoms with E-state index < -0.39 is 11.6 Å². The first-order valence-electron chi connectivity index (χ1n) is 7.10. The second-order valence-electron chi connectivity index (χ2n) is 5.03. The van der Waals surface area contributed by atoms with Gasteiger partial charge in [0.25, 0.3) is 0 Å². The average Bonchev–Trinajstić information content (AvgIpc) is 3.01. The van der Waals surface area contributed by atoms with E-state index in [0.29, 0.717) is 12.2 Å². The van der Waals surface area contributed by atoms with Gasteiger partial charge in [-0.1, -0.05) is 18.2 Å². The van der Waals surface area contributed by atoms with Crippen LogP contribution in [0.2, 0.25) is 0 Å². The van der Waals surface area contributed by atoms with Gasteiger partial charge in [0.05, 0.1) is 18.8 Å². The molecule has 4 nitrogen and oxygen atoms in total. The Balaban J connectivity index is 1.75. The highest BCUT2D eigenvalue weighted by molar-refractivity contribution is 5.45. The van der Waals surface area contributed by atoms with Crippen molar-refractivity contribution in [1.29, 1.82) is 0 Å². The molecule has 0 unspecified atom stereocenters. The molecule has 0 radical (unpaired) electrons. The normalized spacial score (nSPS) is 10.7. The number of para-hydroxylation sites is 1. The molecule has 2 N–H and O–H groups in total. The Morgan fingerprint density at radius 2 is 1.78 bits per heavy atom. The van der Waals surface area contributed by atoms with Crippen molar-refractivity contribution < 1.29 is 13.9 Å². The lowest BCUT2D eigenvalue weighted by atomic mass is 10.2. The number of hydrogen-bond acceptors (Lipinski definition) is 3. The molecule has 6 heteroatoms. The molecule has 3 aromatic rings. The molecular formula is C17H15F2N3O. The summed E-state index contributed by atoms with van der Waals surface area (Å²) in [7, 11) is 0. The SMILES string of the molecule is OCc1cccc(NCc2ccn(-c3c(F)cccc3F)n2)c1. The summed E-state index contributed by atoms with van der Waals surface area (Å²) < 4.78 is 28.7. The van der Waals surface area contributed by atoms with Crippen molar-refractivity contribution in [2.24, 2.45) is 0 Å². The predicted molar refractivity (Wildman–Crippen MR) is 83.2 cm³/mol. The van der Waals surface area contributed by atoms with Gasteiger partial charge in [-0.25, -0.2) is 13.5 Å². The van der Waals surface area contributed by atoms with Gasteiger partial charge in [0, 0.05) is 11.9 Å². The number of hydrogen-bond donors (Lipinski definition) is 2. The number of aliphatic hydroxyl groups is 1. The van der Waals surface area contributed by atoms with Crippen LogP contribution in [0.5, 0.6) is 0 Å². The van der Waals surface area contributed by atoms with Gasteiger partial charge in [0.1, 0.15) is 5.69 Å². The van der Waals surface area contributed by atoms with Crippen molar-refractivity contribution in [1.82, 2.24) is 9.78 Å². The third-order valence-corrected chi connectivity index (χ3v) is 3.39. The standard InChI is InChI=1S/C17H15F2N3O/c18-15-5-2-6-16(19)17(15)22-8-7-14(21-22)10-20-13-4-1-3-12(9-13)11-23/h1-9,20,23H,10-11H2. The Morgan fingerprint density at radius 3 is 2.52 bits per heavy atom. The van der Waals surface area contributed by atoms with Crippen LogP contribution < -0.4 is 5.32 Å². The van der Waals surface area contributed by atoms with E-state index in [-0.39, 0.29) is 12.3 Å². The van der Waals surface area contributed by atoms with E-state index in [4.69, 9.17) is 5.11 Å². The summed E-state index contributed by atoms with van der Waals surface area (Å²) in [6, 6.07) is 12.7. The smallest absolute Gasteiger partial charge is 0.151 e. The maximum absolute atomic E-state index is 13.7. The largest absolute Gasteiger partial charge is 0.392 e. The van der Waals surface area contributed by atoms with Crippen LogP contribution in [-0.4, -0.2) is 14.9 Å². The Labute approximate surface area is 132 Å². The highest BCUT2D eigenvalue weighted by Crippen LogP contribution is 2.17. The van der Waals surface area contributed by atoms with E-state index in [1.165, 1.54) is 29.1 Å². The van der Waals surface area contributed by atoms with Crippen LogP contribution >= 0.6 is 0 Å². The molecule has 0 spiro atoms. The van der Waals surface area contributed by atoms with Crippen LogP contribution in [0, 0.1) is 11.6 Å². The summed E-state index contributed by atoms with van der Waals surface area (Å²) in [6.07, 6.45) is 1.52. The van der Waals surface area contributed by atoms with E-state index in [2.05, 4.69) is 10.4 Å². The molecule has 1 aromatic heterocycles. The quantitative estimate of drug-likeness (QED) is 0.760. The summed E-state index contributed by atoms with van der Waals surface area (Å²) in [5, 5.41) is 16.5. The van der Waals surface area contributed by atoms with Crippen LogP contribution in [-0.2, 0) is 13.2 Å². The molecule has 23 heavy (non-hydrogen) atoms. The Bertz CT molecular complexity index is 797. The molecule has 1 heterocycles.